The maximum atomic E-state index is 6.48. The summed E-state index contributed by atoms with van der Waals surface area (Å²) in [6.07, 6.45) is 7.33. The second-order valence-electron chi connectivity index (χ2n) is 6.86. The molecule has 2 aliphatic heterocycles. The van der Waals surface area contributed by atoms with Crippen LogP contribution in [-0.4, -0.2) is 44.2 Å². The van der Waals surface area contributed by atoms with Crippen LogP contribution in [0.1, 0.15) is 44.1 Å². The van der Waals surface area contributed by atoms with Gasteiger partial charge in [0.1, 0.15) is 0 Å². The van der Waals surface area contributed by atoms with Crippen molar-refractivity contribution >= 4 is 11.6 Å². The van der Waals surface area contributed by atoms with E-state index in [-0.39, 0.29) is 5.60 Å². The van der Waals surface area contributed by atoms with Gasteiger partial charge in [-0.05, 0) is 76.0 Å². The zero-order valence-corrected chi connectivity index (χ0v) is 14.8. The van der Waals surface area contributed by atoms with E-state index in [9.17, 15) is 0 Å². The summed E-state index contributed by atoms with van der Waals surface area (Å²) in [6, 6.07) is 8.24. The molecule has 0 radical (unpaired) electrons. The Morgan fingerprint density at radius 1 is 1.04 bits per heavy atom. The second kappa shape index (κ2) is 8.48. The highest BCUT2D eigenvalue weighted by molar-refractivity contribution is 6.30. The highest BCUT2D eigenvalue weighted by Crippen LogP contribution is 2.35. The summed E-state index contributed by atoms with van der Waals surface area (Å²) in [6.45, 7) is 6.61. The molecule has 23 heavy (non-hydrogen) atoms. The third-order valence-electron chi connectivity index (χ3n) is 5.23. The molecule has 0 atom stereocenters. The molecular formula is C19H29ClN2O. The maximum absolute atomic E-state index is 6.48. The van der Waals surface area contributed by atoms with Crippen molar-refractivity contribution in [2.24, 2.45) is 0 Å². The number of hydrogen-bond acceptors (Lipinski definition) is 3. The van der Waals surface area contributed by atoms with Gasteiger partial charge in [0.25, 0.3) is 0 Å². The third-order valence-corrected chi connectivity index (χ3v) is 5.48. The molecule has 0 spiro atoms. The van der Waals surface area contributed by atoms with Crippen molar-refractivity contribution in [1.29, 1.82) is 0 Å². The van der Waals surface area contributed by atoms with Crippen LogP contribution in [0.3, 0.4) is 0 Å². The Bertz CT molecular complexity index is 465. The first-order valence-electron chi connectivity index (χ1n) is 9.12. The van der Waals surface area contributed by atoms with Crippen LogP contribution in [0.4, 0.5) is 0 Å². The average molecular weight is 337 g/mol. The number of piperidine rings is 2. The van der Waals surface area contributed by atoms with Crippen LogP contribution in [-0.2, 0) is 10.3 Å². The molecule has 0 aliphatic carbocycles. The summed E-state index contributed by atoms with van der Waals surface area (Å²) in [5, 5.41) is 4.24. The van der Waals surface area contributed by atoms with Crippen LogP contribution in [0.15, 0.2) is 24.3 Å². The quantitative estimate of drug-likeness (QED) is 0.799. The normalized spacial score (nSPS) is 22.1. The fourth-order valence-electron chi connectivity index (χ4n) is 3.84. The molecule has 1 aromatic rings. The smallest absolute Gasteiger partial charge is 0.0955 e. The van der Waals surface area contributed by atoms with Crippen molar-refractivity contribution in [3.05, 3.63) is 34.9 Å². The van der Waals surface area contributed by atoms with E-state index in [0.717, 1.165) is 44.0 Å². The molecule has 0 unspecified atom stereocenters. The van der Waals surface area contributed by atoms with Gasteiger partial charge in [-0.1, -0.05) is 30.2 Å². The van der Waals surface area contributed by atoms with Crippen molar-refractivity contribution in [2.45, 2.75) is 44.1 Å². The number of benzene rings is 1. The second-order valence-corrected chi connectivity index (χ2v) is 7.29. The summed E-state index contributed by atoms with van der Waals surface area (Å²) < 4.78 is 6.48. The molecule has 4 heteroatoms. The molecule has 1 aromatic carbocycles. The molecule has 0 amide bonds. The lowest BCUT2D eigenvalue weighted by Gasteiger charge is -2.38. The largest absolute Gasteiger partial charge is 0.370 e. The minimum absolute atomic E-state index is 0.127. The topological polar surface area (TPSA) is 24.5 Å². The highest BCUT2D eigenvalue weighted by atomic mass is 35.5. The van der Waals surface area contributed by atoms with E-state index < -0.39 is 0 Å². The van der Waals surface area contributed by atoms with E-state index in [2.05, 4.69) is 22.3 Å². The summed E-state index contributed by atoms with van der Waals surface area (Å²) in [7, 11) is 0. The predicted octanol–water partition coefficient (Wildman–Crippen LogP) is 3.81. The molecule has 0 saturated carbocycles. The Kier molecular flexibility index (Phi) is 6.35. The minimum Gasteiger partial charge on any atom is -0.370 e. The van der Waals surface area contributed by atoms with E-state index in [0.29, 0.717) is 0 Å². The van der Waals surface area contributed by atoms with Crippen molar-refractivity contribution in [2.75, 3.05) is 39.3 Å². The molecule has 2 aliphatic rings. The van der Waals surface area contributed by atoms with Crippen LogP contribution in [0, 0.1) is 0 Å². The lowest BCUT2D eigenvalue weighted by Crippen LogP contribution is -2.42. The average Bonchev–Trinajstić information content (AvgIpc) is 2.61. The number of rotatable bonds is 6. The van der Waals surface area contributed by atoms with Crippen LogP contribution in [0.25, 0.3) is 0 Å². The molecule has 2 heterocycles. The fourth-order valence-corrected chi connectivity index (χ4v) is 3.97. The zero-order chi connectivity index (χ0) is 16.0. The van der Waals surface area contributed by atoms with Crippen LogP contribution in [0.2, 0.25) is 5.02 Å². The molecule has 0 bridgehead atoms. The number of ether oxygens (including phenoxy) is 1. The lowest BCUT2D eigenvalue weighted by molar-refractivity contribution is -0.0738. The van der Waals surface area contributed by atoms with Crippen LogP contribution < -0.4 is 5.32 Å². The summed E-state index contributed by atoms with van der Waals surface area (Å²) in [5.74, 6) is 0. The van der Waals surface area contributed by atoms with Gasteiger partial charge < -0.3 is 15.0 Å². The first-order valence-corrected chi connectivity index (χ1v) is 9.49. The zero-order valence-electron chi connectivity index (χ0n) is 14.0. The van der Waals surface area contributed by atoms with E-state index in [4.69, 9.17) is 16.3 Å². The number of nitrogens with zero attached hydrogens (tertiary/aromatic N) is 1. The summed E-state index contributed by atoms with van der Waals surface area (Å²) in [4.78, 5) is 2.59. The minimum atomic E-state index is -0.127. The molecule has 3 nitrogen and oxygen atoms in total. The molecule has 1 N–H and O–H groups in total. The van der Waals surface area contributed by atoms with Crippen molar-refractivity contribution in [1.82, 2.24) is 10.2 Å². The van der Waals surface area contributed by atoms with Crippen molar-refractivity contribution in [3.63, 3.8) is 0 Å². The monoisotopic (exact) mass is 336 g/mol. The number of halogens is 1. The van der Waals surface area contributed by atoms with Gasteiger partial charge in [-0.3, -0.25) is 0 Å². The maximum Gasteiger partial charge on any atom is 0.0955 e. The first-order chi connectivity index (χ1) is 11.3. The predicted molar refractivity (Wildman–Crippen MR) is 96.1 cm³/mol. The van der Waals surface area contributed by atoms with E-state index in [1.807, 2.05) is 12.1 Å². The molecule has 3 rings (SSSR count). The van der Waals surface area contributed by atoms with Gasteiger partial charge in [-0.2, -0.15) is 0 Å². The summed E-state index contributed by atoms with van der Waals surface area (Å²) in [5.41, 5.74) is 1.15. The van der Waals surface area contributed by atoms with Gasteiger partial charge in [0.15, 0.2) is 0 Å². The third kappa shape index (κ3) is 4.69. The molecule has 2 saturated heterocycles. The van der Waals surface area contributed by atoms with Gasteiger partial charge >= 0.3 is 0 Å². The number of likely N-dealkylation sites (tertiary alicyclic amines) is 1. The Morgan fingerprint density at radius 3 is 2.43 bits per heavy atom. The summed E-state index contributed by atoms with van der Waals surface area (Å²) >= 11 is 6.05. The fraction of sp³-hybridized carbons (Fsp3) is 0.684. The van der Waals surface area contributed by atoms with Gasteiger partial charge in [-0.15, -0.1) is 0 Å². The highest BCUT2D eigenvalue weighted by Gasteiger charge is 2.34. The van der Waals surface area contributed by atoms with Crippen molar-refractivity contribution in [3.8, 4) is 0 Å². The number of hydrogen-bond donors (Lipinski definition) is 1. The van der Waals surface area contributed by atoms with Gasteiger partial charge in [0, 0.05) is 18.2 Å². The first kappa shape index (κ1) is 17.2. The standard InChI is InChI=1S/C19H29ClN2O/c20-18-7-5-17(6-8-18)19(9-11-21-12-10-19)23-16-4-15-22-13-2-1-3-14-22/h5-8,21H,1-4,9-16H2. The Labute approximate surface area is 145 Å². The van der Waals surface area contributed by atoms with Crippen molar-refractivity contribution < 1.29 is 4.74 Å². The van der Waals surface area contributed by atoms with E-state index >= 15 is 0 Å². The SMILES string of the molecule is Clc1ccc(C2(OCCCN3CCCCC3)CCNCC2)cc1. The molecular weight excluding hydrogens is 308 g/mol. The molecule has 0 aromatic heterocycles. The van der Waals surface area contributed by atoms with Gasteiger partial charge in [-0.25, -0.2) is 0 Å². The number of nitrogens with one attached hydrogen (secondary N) is 1. The van der Waals surface area contributed by atoms with Gasteiger partial charge in [0.05, 0.1) is 5.60 Å². The van der Waals surface area contributed by atoms with E-state index in [1.54, 1.807) is 0 Å². The molecule has 2 fully saturated rings. The van der Waals surface area contributed by atoms with E-state index in [1.165, 1.54) is 44.5 Å². The van der Waals surface area contributed by atoms with Crippen LogP contribution >= 0.6 is 11.6 Å². The Balaban J connectivity index is 1.55. The molecule has 128 valence electrons. The Hall–Kier alpha value is -0.610. The lowest BCUT2D eigenvalue weighted by atomic mass is 9.85. The Morgan fingerprint density at radius 2 is 1.74 bits per heavy atom. The van der Waals surface area contributed by atoms with Gasteiger partial charge in [0.2, 0.25) is 0 Å². The van der Waals surface area contributed by atoms with Crippen LogP contribution in [0.5, 0.6) is 0 Å².